The maximum absolute atomic E-state index is 11.8. The minimum Gasteiger partial charge on any atom is -0.441 e. The number of hydrogen-bond donors (Lipinski definition) is 2. The summed E-state index contributed by atoms with van der Waals surface area (Å²) in [6.07, 6.45) is -1.41. The zero-order valence-corrected chi connectivity index (χ0v) is 12.5. The Labute approximate surface area is 123 Å². The minimum atomic E-state index is -0.730. The Hall–Kier alpha value is -1.75. The van der Waals surface area contributed by atoms with Gasteiger partial charge in [-0.3, -0.25) is 4.79 Å². The Morgan fingerprint density at radius 2 is 1.85 bits per heavy atom. The molecule has 0 aliphatic rings. The van der Waals surface area contributed by atoms with Gasteiger partial charge in [0.25, 0.3) is 0 Å². The van der Waals surface area contributed by atoms with E-state index in [0.717, 1.165) is 0 Å². The van der Waals surface area contributed by atoms with Gasteiger partial charge in [-0.15, -0.1) is 0 Å². The van der Waals surface area contributed by atoms with Gasteiger partial charge in [-0.2, -0.15) is 0 Å². The molecule has 1 unspecified atom stereocenters. The Morgan fingerprint density at radius 1 is 1.30 bits per heavy atom. The average Bonchev–Trinajstić information content (AvgIpc) is 2.25. The fourth-order valence-corrected chi connectivity index (χ4v) is 1.68. The SMILES string of the molecule is CC(C)(C)NC(=O)OC(CC(N)=O)c1ccc(Cl)cc1. The monoisotopic (exact) mass is 298 g/mol. The Balaban J connectivity index is 2.82. The van der Waals surface area contributed by atoms with Gasteiger partial charge in [0.1, 0.15) is 6.10 Å². The van der Waals surface area contributed by atoms with Crippen molar-refractivity contribution < 1.29 is 14.3 Å². The second-order valence-corrected chi connectivity index (χ2v) is 5.93. The lowest BCUT2D eigenvalue weighted by molar-refractivity contribution is -0.120. The average molecular weight is 299 g/mol. The number of primary amides is 1. The van der Waals surface area contributed by atoms with Gasteiger partial charge < -0.3 is 15.8 Å². The number of hydrogen-bond acceptors (Lipinski definition) is 3. The molecule has 1 atom stereocenters. The third-order valence-corrected chi connectivity index (χ3v) is 2.61. The summed E-state index contributed by atoms with van der Waals surface area (Å²) in [5.41, 5.74) is 5.43. The molecular weight excluding hydrogens is 280 g/mol. The molecule has 0 radical (unpaired) electrons. The minimum absolute atomic E-state index is 0.0841. The number of nitrogens with two attached hydrogens (primary N) is 1. The summed E-state index contributed by atoms with van der Waals surface area (Å²) in [5.74, 6) is -0.548. The molecular formula is C14H19ClN2O3. The molecule has 0 saturated heterocycles. The summed E-state index contributed by atoms with van der Waals surface area (Å²) in [7, 11) is 0. The van der Waals surface area contributed by atoms with Crippen LogP contribution in [0.4, 0.5) is 4.79 Å². The van der Waals surface area contributed by atoms with Crippen molar-refractivity contribution in [1.29, 1.82) is 0 Å². The summed E-state index contributed by atoms with van der Waals surface area (Å²) in [6, 6.07) is 6.71. The Morgan fingerprint density at radius 3 is 2.30 bits per heavy atom. The van der Waals surface area contributed by atoms with E-state index in [1.165, 1.54) is 0 Å². The molecule has 0 fully saturated rings. The first-order valence-electron chi connectivity index (χ1n) is 6.20. The first-order valence-corrected chi connectivity index (χ1v) is 6.58. The van der Waals surface area contributed by atoms with E-state index < -0.39 is 23.6 Å². The van der Waals surface area contributed by atoms with Crippen LogP contribution in [0.1, 0.15) is 38.9 Å². The zero-order chi connectivity index (χ0) is 15.3. The van der Waals surface area contributed by atoms with E-state index in [9.17, 15) is 9.59 Å². The predicted molar refractivity (Wildman–Crippen MR) is 77.4 cm³/mol. The molecule has 0 heterocycles. The number of amides is 2. The van der Waals surface area contributed by atoms with Crippen LogP contribution >= 0.6 is 11.6 Å². The Bertz CT molecular complexity index is 480. The molecule has 0 aliphatic carbocycles. The van der Waals surface area contributed by atoms with E-state index in [0.29, 0.717) is 10.6 Å². The molecule has 1 rings (SSSR count). The molecule has 110 valence electrons. The predicted octanol–water partition coefficient (Wildman–Crippen LogP) is 2.78. The topological polar surface area (TPSA) is 81.4 Å². The molecule has 0 bridgehead atoms. The van der Waals surface area contributed by atoms with Crippen molar-refractivity contribution in [1.82, 2.24) is 5.32 Å². The van der Waals surface area contributed by atoms with Crippen molar-refractivity contribution in [2.45, 2.75) is 38.8 Å². The van der Waals surface area contributed by atoms with Crippen LogP contribution in [0.5, 0.6) is 0 Å². The summed E-state index contributed by atoms with van der Waals surface area (Å²) in [5, 5.41) is 3.23. The number of halogens is 1. The van der Waals surface area contributed by atoms with Crippen LogP contribution in [0, 0.1) is 0 Å². The molecule has 0 spiro atoms. The van der Waals surface area contributed by atoms with Crippen molar-refractivity contribution in [3.05, 3.63) is 34.9 Å². The molecule has 2 amide bonds. The quantitative estimate of drug-likeness (QED) is 0.896. The van der Waals surface area contributed by atoms with Crippen molar-refractivity contribution in [2.24, 2.45) is 5.73 Å². The van der Waals surface area contributed by atoms with E-state index in [2.05, 4.69) is 5.32 Å². The van der Waals surface area contributed by atoms with Crippen LogP contribution in [0.3, 0.4) is 0 Å². The molecule has 20 heavy (non-hydrogen) atoms. The maximum Gasteiger partial charge on any atom is 0.408 e. The van der Waals surface area contributed by atoms with Crippen LogP contribution in [-0.4, -0.2) is 17.5 Å². The van der Waals surface area contributed by atoms with Crippen LogP contribution in [0.25, 0.3) is 0 Å². The highest BCUT2D eigenvalue weighted by atomic mass is 35.5. The van der Waals surface area contributed by atoms with Gasteiger partial charge in [-0.25, -0.2) is 4.79 Å². The smallest absolute Gasteiger partial charge is 0.408 e. The first kappa shape index (κ1) is 16.3. The number of alkyl carbamates (subject to hydrolysis) is 1. The van der Waals surface area contributed by atoms with Crippen molar-refractivity contribution >= 4 is 23.6 Å². The van der Waals surface area contributed by atoms with Crippen LogP contribution in [0.2, 0.25) is 5.02 Å². The van der Waals surface area contributed by atoms with Gasteiger partial charge in [0.05, 0.1) is 6.42 Å². The molecule has 0 aliphatic heterocycles. The standard InChI is InChI=1S/C14H19ClN2O3/c1-14(2,3)17-13(19)20-11(8-12(16)18)9-4-6-10(15)7-5-9/h4-7,11H,8H2,1-3H3,(H2,16,18)(H,17,19). The van der Waals surface area contributed by atoms with Gasteiger partial charge >= 0.3 is 6.09 Å². The molecule has 3 N–H and O–H groups in total. The third-order valence-electron chi connectivity index (χ3n) is 2.35. The number of nitrogens with one attached hydrogen (secondary N) is 1. The molecule has 1 aromatic carbocycles. The number of carbonyl (C=O) groups excluding carboxylic acids is 2. The highest BCUT2D eigenvalue weighted by Crippen LogP contribution is 2.23. The molecule has 0 aromatic heterocycles. The van der Waals surface area contributed by atoms with Crippen LogP contribution in [-0.2, 0) is 9.53 Å². The normalized spacial score (nSPS) is 12.6. The fraction of sp³-hybridized carbons (Fsp3) is 0.429. The van der Waals surface area contributed by atoms with Gasteiger partial charge in [0.2, 0.25) is 5.91 Å². The summed E-state index contributed by atoms with van der Waals surface area (Å²) >= 11 is 5.80. The summed E-state index contributed by atoms with van der Waals surface area (Å²) in [6.45, 7) is 5.50. The van der Waals surface area contributed by atoms with E-state index in [1.807, 2.05) is 20.8 Å². The van der Waals surface area contributed by atoms with E-state index in [-0.39, 0.29) is 6.42 Å². The van der Waals surface area contributed by atoms with Gasteiger partial charge in [-0.05, 0) is 38.5 Å². The number of ether oxygens (including phenoxy) is 1. The summed E-state index contributed by atoms with van der Waals surface area (Å²) in [4.78, 5) is 22.9. The van der Waals surface area contributed by atoms with E-state index >= 15 is 0 Å². The number of carbonyl (C=O) groups is 2. The van der Waals surface area contributed by atoms with E-state index in [4.69, 9.17) is 22.1 Å². The largest absolute Gasteiger partial charge is 0.441 e. The highest BCUT2D eigenvalue weighted by Gasteiger charge is 2.22. The van der Waals surface area contributed by atoms with Crippen molar-refractivity contribution in [2.75, 3.05) is 0 Å². The zero-order valence-electron chi connectivity index (χ0n) is 11.8. The molecule has 6 heteroatoms. The van der Waals surface area contributed by atoms with Crippen molar-refractivity contribution in [3.8, 4) is 0 Å². The van der Waals surface area contributed by atoms with Gasteiger partial charge in [0.15, 0.2) is 0 Å². The number of rotatable bonds is 4. The molecule has 1 aromatic rings. The van der Waals surface area contributed by atoms with E-state index in [1.54, 1.807) is 24.3 Å². The fourth-order valence-electron chi connectivity index (χ4n) is 1.55. The summed E-state index contributed by atoms with van der Waals surface area (Å²) < 4.78 is 5.27. The molecule has 5 nitrogen and oxygen atoms in total. The lowest BCUT2D eigenvalue weighted by Gasteiger charge is -2.23. The number of benzene rings is 1. The second-order valence-electron chi connectivity index (χ2n) is 5.49. The van der Waals surface area contributed by atoms with Gasteiger partial charge in [-0.1, -0.05) is 23.7 Å². The third kappa shape index (κ3) is 5.93. The lowest BCUT2D eigenvalue weighted by Crippen LogP contribution is -2.41. The van der Waals surface area contributed by atoms with Gasteiger partial charge in [0, 0.05) is 10.6 Å². The lowest BCUT2D eigenvalue weighted by atomic mass is 10.1. The first-order chi connectivity index (χ1) is 9.17. The second kappa shape index (κ2) is 6.61. The van der Waals surface area contributed by atoms with Crippen molar-refractivity contribution in [3.63, 3.8) is 0 Å². The van der Waals surface area contributed by atoms with Crippen LogP contribution < -0.4 is 11.1 Å². The Kier molecular flexibility index (Phi) is 5.39. The molecule has 0 saturated carbocycles. The highest BCUT2D eigenvalue weighted by molar-refractivity contribution is 6.30. The van der Waals surface area contributed by atoms with Crippen LogP contribution in [0.15, 0.2) is 24.3 Å². The maximum atomic E-state index is 11.8.